The molecule has 176 valence electrons. The highest BCUT2D eigenvalue weighted by Gasteiger charge is 2.34. The molecule has 0 spiro atoms. The molecule has 34 heavy (non-hydrogen) atoms. The van der Waals surface area contributed by atoms with Crippen molar-refractivity contribution in [2.45, 2.75) is 25.2 Å². The average Bonchev–Trinajstić information content (AvgIpc) is 2.84. The van der Waals surface area contributed by atoms with E-state index >= 15 is 0 Å². The lowest BCUT2D eigenvalue weighted by molar-refractivity contribution is 0.00648. The summed E-state index contributed by atoms with van der Waals surface area (Å²) in [6.07, 6.45) is 0. The summed E-state index contributed by atoms with van der Waals surface area (Å²) >= 11 is 12.7. The van der Waals surface area contributed by atoms with Crippen LogP contribution in [-0.2, 0) is 12.2 Å². The second-order valence-corrected chi connectivity index (χ2v) is 9.56. The number of aliphatic hydroxyl groups excluding tert-OH is 1. The molecule has 8 heteroatoms. The van der Waals surface area contributed by atoms with Crippen LogP contribution >= 0.6 is 23.2 Å². The van der Waals surface area contributed by atoms with Crippen molar-refractivity contribution in [3.63, 3.8) is 0 Å². The number of nitriles is 1. The lowest BCUT2D eigenvalue weighted by Crippen LogP contribution is -2.52. The minimum absolute atomic E-state index is 0.0380. The van der Waals surface area contributed by atoms with Crippen LogP contribution in [0.1, 0.15) is 35.5 Å². The first-order chi connectivity index (χ1) is 16.3. The van der Waals surface area contributed by atoms with Gasteiger partial charge in [0.2, 0.25) is 0 Å². The smallest absolute Gasteiger partial charge is 0.116 e. The molecule has 0 unspecified atom stereocenters. The van der Waals surface area contributed by atoms with Gasteiger partial charge in [-0.2, -0.15) is 5.26 Å². The summed E-state index contributed by atoms with van der Waals surface area (Å²) in [6, 6.07) is 20.5. The third-order valence-corrected chi connectivity index (χ3v) is 6.71. The van der Waals surface area contributed by atoms with Crippen molar-refractivity contribution >= 4 is 28.9 Å². The molecule has 6 nitrogen and oxygen atoms in total. The number of nitrogens with zero attached hydrogens (tertiary/aromatic N) is 4. The Labute approximate surface area is 209 Å². The number of benzene rings is 2. The van der Waals surface area contributed by atoms with Gasteiger partial charge < -0.3 is 15.1 Å². The fourth-order valence-electron chi connectivity index (χ4n) is 4.44. The molecule has 0 radical (unpaired) electrons. The van der Waals surface area contributed by atoms with E-state index < -0.39 is 5.60 Å². The summed E-state index contributed by atoms with van der Waals surface area (Å²) in [5, 5.41) is 31.1. The monoisotopic (exact) mass is 496 g/mol. The number of halogens is 2. The SMILES string of the molecule is C[C@@](O)(CN1CCN(c2ccc(C#N)cc2Cl)[C@H](c2ccc(Cl)cc2)C1)c1cccc(CO)n1. The lowest BCUT2D eigenvalue weighted by Gasteiger charge is -2.45. The van der Waals surface area contributed by atoms with Crippen LogP contribution < -0.4 is 4.90 Å². The highest BCUT2D eigenvalue weighted by molar-refractivity contribution is 6.33. The van der Waals surface area contributed by atoms with Crippen molar-refractivity contribution in [3.8, 4) is 6.07 Å². The summed E-state index contributed by atoms with van der Waals surface area (Å²) in [7, 11) is 0. The van der Waals surface area contributed by atoms with E-state index in [1.165, 1.54) is 0 Å². The van der Waals surface area contributed by atoms with Gasteiger partial charge in [0.25, 0.3) is 0 Å². The molecule has 1 fully saturated rings. The molecule has 2 heterocycles. The zero-order valence-corrected chi connectivity index (χ0v) is 20.3. The fourth-order valence-corrected chi connectivity index (χ4v) is 4.85. The lowest BCUT2D eigenvalue weighted by atomic mass is 9.97. The predicted molar refractivity (Wildman–Crippen MR) is 134 cm³/mol. The number of rotatable bonds is 6. The molecule has 3 aromatic rings. The molecule has 4 rings (SSSR count). The molecule has 2 atom stereocenters. The summed E-state index contributed by atoms with van der Waals surface area (Å²) in [4.78, 5) is 8.86. The van der Waals surface area contributed by atoms with E-state index in [1.54, 1.807) is 37.3 Å². The number of β-amino-alcohol motifs (C(OH)–C–C–N with tert-alkyl or cyclic N) is 1. The molecule has 1 aliphatic heterocycles. The van der Waals surface area contributed by atoms with Crippen LogP contribution in [-0.4, -0.2) is 46.3 Å². The molecule has 1 aliphatic rings. The molecular formula is C26H26Cl2N4O2. The van der Waals surface area contributed by atoms with Crippen LogP contribution in [0.4, 0.5) is 5.69 Å². The van der Waals surface area contributed by atoms with Gasteiger partial charge in [0, 0.05) is 31.2 Å². The van der Waals surface area contributed by atoms with E-state index in [2.05, 4.69) is 20.9 Å². The van der Waals surface area contributed by atoms with Gasteiger partial charge in [0.15, 0.2) is 0 Å². The molecule has 2 N–H and O–H groups in total. The third kappa shape index (κ3) is 5.35. The Balaban J connectivity index is 1.62. The van der Waals surface area contributed by atoms with Gasteiger partial charge in [-0.1, -0.05) is 41.4 Å². The first kappa shape index (κ1) is 24.5. The topological polar surface area (TPSA) is 83.6 Å². The fraction of sp³-hybridized carbons (Fsp3) is 0.308. The van der Waals surface area contributed by atoms with Gasteiger partial charge in [-0.05, 0) is 55.0 Å². The van der Waals surface area contributed by atoms with Gasteiger partial charge in [0.05, 0.1) is 46.4 Å². The summed E-state index contributed by atoms with van der Waals surface area (Å²) in [5.74, 6) is 0. The zero-order chi connectivity index (χ0) is 24.3. The van der Waals surface area contributed by atoms with Crippen molar-refractivity contribution < 1.29 is 10.2 Å². The Morgan fingerprint density at radius 1 is 1.12 bits per heavy atom. The van der Waals surface area contributed by atoms with E-state index in [0.717, 1.165) is 11.3 Å². The third-order valence-electron chi connectivity index (χ3n) is 6.16. The van der Waals surface area contributed by atoms with Crippen molar-refractivity contribution in [2.24, 2.45) is 0 Å². The number of aliphatic hydroxyl groups is 2. The quantitative estimate of drug-likeness (QED) is 0.521. The van der Waals surface area contributed by atoms with Gasteiger partial charge in [-0.3, -0.25) is 9.88 Å². The standard InChI is InChI=1S/C26H26Cl2N4O2/c1-26(34,25-4-2-3-21(16-33)30-25)17-31-11-12-32(23-10-5-18(14-29)13-22(23)28)24(15-31)19-6-8-20(27)9-7-19/h2-10,13,24,33-34H,11-12,15-17H2,1H3/t24-,26+/m0/s1. The molecular weight excluding hydrogens is 471 g/mol. The van der Waals surface area contributed by atoms with Crippen LogP contribution in [0.5, 0.6) is 0 Å². The Morgan fingerprint density at radius 3 is 2.56 bits per heavy atom. The van der Waals surface area contributed by atoms with Crippen LogP contribution in [0.25, 0.3) is 0 Å². The summed E-state index contributed by atoms with van der Waals surface area (Å²) in [5.41, 5.74) is 2.32. The van der Waals surface area contributed by atoms with E-state index in [9.17, 15) is 15.5 Å². The van der Waals surface area contributed by atoms with E-state index in [-0.39, 0.29) is 12.6 Å². The Bertz CT molecular complexity index is 1190. The first-order valence-electron chi connectivity index (χ1n) is 11.0. The number of hydrogen-bond donors (Lipinski definition) is 2. The molecule has 1 aromatic heterocycles. The largest absolute Gasteiger partial charge is 0.390 e. The maximum Gasteiger partial charge on any atom is 0.116 e. The van der Waals surface area contributed by atoms with Crippen molar-refractivity contribution in [3.05, 3.63) is 93.2 Å². The average molecular weight is 497 g/mol. The minimum Gasteiger partial charge on any atom is -0.390 e. The summed E-state index contributed by atoms with van der Waals surface area (Å²) in [6.45, 7) is 3.99. The normalized spacial score (nSPS) is 18.4. The van der Waals surface area contributed by atoms with Crippen LogP contribution in [0.15, 0.2) is 60.7 Å². The molecule has 0 aliphatic carbocycles. The van der Waals surface area contributed by atoms with Crippen LogP contribution in [0.2, 0.25) is 10.0 Å². The number of piperazine rings is 1. The zero-order valence-electron chi connectivity index (χ0n) is 18.8. The Hall–Kier alpha value is -2.66. The maximum absolute atomic E-state index is 11.3. The van der Waals surface area contributed by atoms with Crippen LogP contribution in [0, 0.1) is 11.3 Å². The van der Waals surface area contributed by atoms with Gasteiger partial charge in [-0.15, -0.1) is 0 Å². The van der Waals surface area contributed by atoms with Gasteiger partial charge in [0.1, 0.15) is 5.60 Å². The van der Waals surface area contributed by atoms with E-state index in [1.807, 2.05) is 30.3 Å². The Morgan fingerprint density at radius 2 is 1.88 bits per heavy atom. The minimum atomic E-state index is -1.19. The predicted octanol–water partition coefficient (Wildman–Crippen LogP) is 4.52. The molecule has 1 saturated heterocycles. The van der Waals surface area contributed by atoms with Crippen molar-refractivity contribution in [1.82, 2.24) is 9.88 Å². The van der Waals surface area contributed by atoms with Crippen molar-refractivity contribution in [1.29, 1.82) is 5.26 Å². The first-order valence-corrected chi connectivity index (χ1v) is 11.8. The van der Waals surface area contributed by atoms with Gasteiger partial charge in [-0.25, -0.2) is 0 Å². The number of pyridine rings is 1. The molecule has 0 bridgehead atoms. The van der Waals surface area contributed by atoms with Crippen molar-refractivity contribution in [2.75, 3.05) is 31.1 Å². The highest BCUT2D eigenvalue weighted by atomic mass is 35.5. The summed E-state index contributed by atoms with van der Waals surface area (Å²) < 4.78 is 0. The van der Waals surface area contributed by atoms with E-state index in [0.29, 0.717) is 53.2 Å². The number of anilines is 1. The van der Waals surface area contributed by atoms with Gasteiger partial charge >= 0.3 is 0 Å². The van der Waals surface area contributed by atoms with Crippen LogP contribution in [0.3, 0.4) is 0 Å². The number of hydrogen-bond acceptors (Lipinski definition) is 6. The second-order valence-electron chi connectivity index (χ2n) is 8.72. The second kappa shape index (κ2) is 10.3. The molecule has 0 amide bonds. The number of aromatic nitrogens is 1. The van der Waals surface area contributed by atoms with E-state index in [4.69, 9.17) is 23.2 Å². The molecule has 0 saturated carbocycles. The molecule has 2 aromatic carbocycles. The highest BCUT2D eigenvalue weighted by Crippen LogP contribution is 2.36. The maximum atomic E-state index is 11.3. The Kier molecular flexibility index (Phi) is 7.42.